The Hall–Kier alpha value is -0.400. The van der Waals surface area contributed by atoms with E-state index in [1.54, 1.807) is 28.1 Å². The molecule has 0 aromatic heterocycles. The van der Waals surface area contributed by atoms with Crippen molar-refractivity contribution in [3.8, 4) is 0 Å². The van der Waals surface area contributed by atoms with E-state index in [2.05, 4.69) is 13.8 Å². The lowest BCUT2D eigenvalue weighted by atomic mass is 10.3. The van der Waals surface area contributed by atoms with Gasteiger partial charge in [0.15, 0.2) is 0 Å². The molecule has 10 heteroatoms. The quantitative estimate of drug-likeness (QED) is 0.198. The van der Waals surface area contributed by atoms with Gasteiger partial charge in [0.1, 0.15) is 0 Å². The molecule has 0 aliphatic heterocycles. The minimum absolute atomic E-state index is 0.0139. The van der Waals surface area contributed by atoms with E-state index >= 15 is 0 Å². The molecular weight excluding hydrogens is 496 g/mol. The molecule has 8 atom stereocenters. The number of ether oxygens (including phenoxy) is 6. The van der Waals surface area contributed by atoms with E-state index in [-0.39, 0.29) is 62.0 Å². The van der Waals surface area contributed by atoms with Crippen LogP contribution in [-0.4, -0.2) is 123 Å². The molecule has 0 aliphatic carbocycles. The van der Waals surface area contributed by atoms with Gasteiger partial charge < -0.3 is 48.8 Å². The van der Waals surface area contributed by atoms with E-state index < -0.39 is 0 Å². The Morgan fingerprint density at radius 2 is 0.921 bits per heavy atom. The molecule has 0 fully saturated rings. The zero-order chi connectivity index (χ0) is 30.5. The molecule has 0 radical (unpaired) electrons. The monoisotopic (exact) mass is 560 g/mol. The van der Waals surface area contributed by atoms with Crippen LogP contribution in [0, 0.1) is 0 Å². The maximum atomic E-state index is 8.77. The summed E-state index contributed by atoms with van der Waals surface area (Å²) in [4.78, 5) is 0. The lowest BCUT2D eigenvalue weighted by Crippen LogP contribution is -2.21. The lowest BCUT2D eigenvalue weighted by Gasteiger charge is -2.14. The number of rotatable bonds is 18. The summed E-state index contributed by atoms with van der Waals surface area (Å²) in [7, 11) is 3.27. The normalized spacial score (nSPS) is 17.1. The Bertz CT molecular complexity index is 408. The fourth-order valence-corrected chi connectivity index (χ4v) is 1.85. The van der Waals surface area contributed by atoms with Crippen molar-refractivity contribution in [2.24, 2.45) is 0 Å². The molecule has 0 aromatic carbocycles. The standard InChI is InChI=1S/2C7H16O3.2C7H16O2/c1-6(8)4-10-5-7(2)9-3;1-6(4-8)10-5-7(2)9-3;1-4-7(3)9-5-6(2)8;1-4-6(2)9-7(3)5-8/h2*6-8H,4-5H2,1-3H3;2*6-8H,4-5H2,1-3H3. The third-order valence-electron chi connectivity index (χ3n) is 4.88. The van der Waals surface area contributed by atoms with Gasteiger partial charge in [0.2, 0.25) is 0 Å². The van der Waals surface area contributed by atoms with Gasteiger partial charge >= 0.3 is 0 Å². The van der Waals surface area contributed by atoms with Crippen LogP contribution in [-0.2, 0) is 28.4 Å². The van der Waals surface area contributed by atoms with Crippen molar-refractivity contribution in [3.05, 3.63) is 0 Å². The molecule has 8 unspecified atom stereocenters. The molecule has 0 aliphatic rings. The van der Waals surface area contributed by atoms with E-state index in [9.17, 15) is 0 Å². The van der Waals surface area contributed by atoms with Gasteiger partial charge in [-0.15, -0.1) is 0 Å². The summed E-state index contributed by atoms with van der Waals surface area (Å²) >= 11 is 0. The topological polar surface area (TPSA) is 136 Å². The summed E-state index contributed by atoms with van der Waals surface area (Å²) < 4.78 is 30.6. The van der Waals surface area contributed by atoms with Crippen molar-refractivity contribution in [1.82, 2.24) is 0 Å². The zero-order valence-corrected chi connectivity index (χ0v) is 26.5. The van der Waals surface area contributed by atoms with Gasteiger partial charge in [-0.1, -0.05) is 13.8 Å². The largest absolute Gasteiger partial charge is 0.394 e. The molecule has 0 amide bonds. The third-order valence-corrected chi connectivity index (χ3v) is 4.88. The first-order valence-corrected chi connectivity index (χ1v) is 13.8. The van der Waals surface area contributed by atoms with Gasteiger partial charge in [-0.05, 0) is 68.2 Å². The highest BCUT2D eigenvalue weighted by Gasteiger charge is 2.04. The van der Waals surface area contributed by atoms with Crippen molar-refractivity contribution < 1.29 is 48.8 Å². The highest BCUT2D eigenvalue weighted by molar-refractivity contribution is 4.51. The summed E-state index contributed by atoms with van der Waals surface area (Å²) in [6.45, 7) is 21.2. The highest BCUT2D eigenvalue weighted by atomic mass is 16.5. The average molecular weight is 561 g/mol. The zero-order valence-electron chi connectivity index (χ0n) is 26.5. The van der Waals surface area contributed by atoms with Gasteiger partial charge in [-0.2, -0.15) is 0 Å². The number of methoxy groups -OCH3 is 2. The maximum Gasteiger partial charge on any atom is 0.0781 e. The van der Waals surface area contributed by atoms with E-state index in [1.165, 1.54) is 0 Å². The van der Waals surface area contributed by atoms with Crippen LogP contribution in [0.3, 0.4) is 0 Å². The van der Waals surface area contributed by atoms with Gasteiger partial charge in [-0.25, -0.2) is 0 Å². The number of aliphatic hydroxyl groups is 4. The third kappa shape index (κ3) is 42.7. The van der Waals surface area contributed by atoms with Crippen molar-refractivity contribution in [2.75, 3.05) is 53.9 Å². The van der Waals surface area contributed by atoms with Crippen molar-refractivity contribution in [2.45, 2.75) is 131 Å². The van der Waals surface area contributed by atoms with Crippen LogP contribution in [0.2, 0.25) is 0 Å². The molecule has 236 valence electrons. The van der Waals surface area contributed by atoms with Crippen LogP contribution in [0.5, 0.6) is 0 Å². The minimum atomic E-state index is -0.385. The van der Waals surface area contributed by atoms with E-state index in [4.69, 9.17) is 48.8 Å². The van der Waals surface area contributed by atoms with Gasteiger partial charge in [0.25, 0.3) is 0 Å². The summed E-state index contributed by atoms with van der Waals surface area (Å²) in [6, 6.07) is 0. The minimum Gasteiger partial charge on any atom is -0.394 e. The Morgan fingerprint density at radius 1 is 0.500 bits per heavy atom. The molecular formula is C28H64O10. The smallest absolute Gasteiger partial charge is 0.0781 e. The fraction of sp³-hybridized carbons (Fsp3) is 1.00. The Labute approximate surface area is 233 Å². The van der Waals surface area contributed by atoms with E-state index in [1.807, 2.05) is 41.5 Å². The van der Waals surface area contributed by atoms with Gasteiger partial charge in [0, 0.05) is 14.2 Å². The molecule has 0 saturated carbocycles. The number of hydrogen-bond donors (Lipinski definition) is 4. The van der Waals surface area contributed by atoms with Crippen LogP contribution in [0.15, 0.2) is 0 Å². The van der Waals surface area contributed by atoms with Crippen LogP contribution in [0.4, 0.5) is 0 Å². The average Bonchev–Trinajstić information content (AvgIpc) is 2.90. The van der Waals surface area contributed by atoms with Crippen LogP contribution >= 0.6 is 0 Å². The van der Waals surface area contributed by atoms with Crippen LogP contribution in [0.1, 0.15) is 82.1 Å². The molecule has 4 N–H and O–H groups in total. The second kappa shape index (κ2) is 32.8. The van der Waals surface area contributed by atoms with Crippen molar-refractivity contribution in [3.63, 3.8) is 0 Å². The lowest BCUT2D eigenvalue weighted by molar-refractivity contribution is -0.0313. The predicted octanol–water partition coefficient (Wildman–Crippen LogP) is 3.20. The predicted molar refractivity (Wildman–Crippen MR) is 153 cm³/mol. The molecule has 0 aromatic rings. The van der Waals surface area contributed by atoms with Crippen molar-refractivity contribution in [1.29, 1.82) is 0 Å². The van der Waals surface area contributed by atoms with Crippen molar-refractivity contribution >= 4 is 0 Å². The summed E-state index contributed by atoms with van der Waals surface area (Å²) in [5.74, 6) is 0. The Balaban J connectivity index is -0.000000203. The first-order valence-electron chi connectivity index (χ1n) is 13.8. The fourth-order valence-electron chi connectivity index (χ4n) is 1.85. The molecule has 0 bridgehead atoms. The Kier molecular flexibility index (Phi) is 38.5. The second-order valence-corrected chi connectivity index (χ2v) is 9.56. The summed E-state index contributed by atoms with van der Waals surface area (Å²) in [6.07, 6.45) is 1.96. The molecule has 38 heavy (non-hydrogen) atoms. The Morgan fingerprint density at radius 3 is 1.29 bits per heavy atom. The molecule has 0 spiro atoms. The van der Waals surface area contributed by atoms with Gasteiger partial charge in [-0.3, -0.25) is 0 Å². The SMILES string of the molecule is CCC(C)OC(C)CO.CCC(C)OCC(C)O.COC(C)COC(C)CO.COC(C)COCC(C)O. The second-order valence-electron chi connectivity index (χ2n) is 9.56. The molecule has 0 saturated heterocycles. The van der Waals surface area contributed by atoms with Crippen LogP contribution < -0.4 is 0 Å². The van der Waals surface area contributed by atoms with E-state index in [0.29, 0.717) is 26.4 Å². The molecule has 10 nitrogen and oxygen atoms in total. The highest BCUT2D eigenvalue weighted by Crippen LogP contribution is 2.00. The molecule has 0 rings (SSSR count). The first-order chi connectivity index (χ1) is 17.7. The number of aliphatic hydroxyl groups excluding tert-OH is 4. The first kappa shape index (κ1) is 44.6. The van der Waals surface area contributed by atoms with E-state index in [0.717, 1.165) is 12.8 Å². The number of hydrogen-bond acceptors (Lipinski definition) is 10. The van der Waals surface area contributed by atoms with Gasteiger partial charge in [0.05, 0.1) is 88.5 Å². The summed E-state index contributed by atoms with van der Waals surface area (Å²) in [5, 5.41) is 34.7. The summed E-state index contributed by atoms with van der Waals surface area (Å²) in [5.41, 5.74) is 0. The maximum absolute atomic E-state index is 8.77. The van der Waals surface area contributed by atoms with Crippen LogP contribution in [0.25, 0.3) is 0 Å². The molecule has 0 heterocycles.